The van der Waals surface area contributed by atoms with Crippen molar-refractivity contribution in [1.82, 2.24) is 9.78 Å². The third-order valence-corrected chi connectivity index (χ3v) is 5.42. The molecule has 0 bridgehead atoms. The summed E-state index contributed by atoms with van der Waals surface area (Å²) in [5.74, 6) is 2.34. The van der Waals surface area contributed by atoms with Gasteiger partial charge in [0.15, 0.2) is 5.82 Å². The second kappa shape index (κ2) is 7.11. The topological polar surface area (TPSA) is 33.1 Å². The lowest BCUT2D eigenvalue weighted by atomic mass is 10.0. The summed E-state index contributed by atoms with van der Waals surface area (Å²) in [5, 5.41) is 8.65. The number of benzene rings is 1. The molecule has 1 N–H and O–H groups in total. The maximum Gasteiger partial charge on any atom is 0.160 e. The predicted octanol–water partition coefficient (Wildman–Crippen LogP) is 5.03. The van der Waals surface area contributed by atoms with Gasteiger partial charge in [0.05, 0.1) is 0 Å². The monoisotopic (exact) mass is 340 g/mol. The zero-order valence-electron chi connectivity index (χ0n) is 16.6. The van der Waals surface area contributed by atoms with Crippen molar-refractivity contribution in [3.63, 3.8) is 0 Å². The Morgan fingerprint density at radius 1 is 1.12 bits per heavy atom. The van der Waals surface area contributed by atoms with Gasteiger partial charge in [-0.3, -0.25) is 4.68 Å². The first kappa shape index (κ1) is 17.8. The van der Waals surface area contributed by atoms with Crippen molar-refractivity contribution in [2.45, 2.75) is 66.3 Å². The van der Waals surface area contributed by atoms with Gasteiger partial charge in [0.2, 0.25) is 0 Å². The molecular formula is C21H32N4. The summed E-state index contributed by atoms with van der Waals surface area (Å²) in [6.45, 7) is 12.1. The van der Waals surface area contributed by atoms with E-state index in [0.717, 1.165) is 31.6 Å². The molecule has 1 aromatic heterocycles. The van der Waals surface area contributed by atoms with Crippen molar-refractivity contribution in [2.75, 3.05) is 16.8 Å². The molecule has 0 amide bonds. The van der Waals surface area contributed by atoms with Crippen LogP contribution >= 0.6 is 0 Å². The Morgan fingerprint density at radius 2 is 1.76 bits per heavy atom. The molecular weight excluding hydrogens is 308 g/mol. The van der Waals surface area contributed by atoms with Crippen LogP contribution in [0.4, 0.5) is 17.3 Å². The Kier molecular flexibility index (Phi) is 5.07. The van der Waals surface area contributed by atoms with Crippen LogP contribution in [0.15, 0.2) is 12.1 Å². The van der Waals surface area contributed by atoms with E-state index in [2.05, 4.69) is 64.0 Å². The number of aromatic nitrogens is 2. The number of aryl methyl sites for hydroxylation is 4. The van der Waals surface area contributed by atoms with Crippen LogP contribution in [0.2, 0.25) is 0 Å². The number of rotatable bonds is 5. The first-order valence-electron chi connectivity index (χ1n) is 9.64. The Bertz CT molecular complexity index is 732. The van der Waals surface area contributed by atoms with Crippen LogP contribution in [-0.2, 0) is 13.5 Å². The van der Waals surface area contributed by atoms with Gasteiger partial charge in [-0.15, -0.1) is 0 Å². The van der Waals surface area contributed by atoms with Crippen molar-refractivity contribution in [3.05, 3.63) is 34.4 Å². The third kappa shape index (κ3) is 3.26. The van der Waals surface area contributed by atoms with E-state index >= 15 is 0 Å². The molecule has 0 radical (unpaired) electrons. The van der Waals surface area contributed by atoms with Crippen molar-refractivity contribution in [3.8, 4) is 0 Å². The van der Waals surface area contributed by atoms with Crippen LogP contribution in [0.1, 0.15) is 55.4 Å². The number of hydrogen-bond acceptors (Lipinski definition) is 3. The van der Waals surface area contributed by atoms with Gasteiger partial charge in [-0.05, 0) is 57.6 Å². The number of anilines is 3. The lowest BCUT2D eigenvalue weighted by Crippen LogP contribution is -2.26. The average molecular weight is 341 g/mol. The van der Waals surface area contributed by atoms with Gasteiger partial charge in [0, 0.05) is 30.9 Å². The second-order valence-corrected chi connectivity index (χ2v) is 7.43. The van der Waals surface area contributed by atoms with Crippen LogP contribution in [0.3, 0.4) is 0 Å². The molecule has 1 aliphatic heterocycles. The number of nitrogens with zero attached hydrogens (tertiary/aromatic N) is 3. The lowest BCUT2D eigenvalue weighted by Gasteiger charge is -2.31. The van der Waals surface area contributed by atoms with Gasteiger partial charge in [-0.2, -0.15) is 5.10 Å². The van der Waals surface area contributed by atoms with Crippen molar-refractivity contribution in [1.29, 1.82) is 0 Å². The largest absolute Gasteiger partial charge is 0.367 e. The molecule has 3 rings (SSSR count). The molecule has 1 aliphatic rings. The number of nitrogens with one attached hydrogen (secondary N) is 1. The molecule has 136 valence electrons. The van der Waals surface area contributed by atoms with E-state index in [9.17, 15) is 0 Å². The van der Waals surface area contributed by atoms with E-state index in [1.165, 1.54) is 40.2 Å². The first-order chi connectivity index (χ1) is 12.0. The van der Waals surface area contributed by atoms with Gasteiger partial charge in [-0.1, -0.05) is 31.5 Å². The lowest BCUT2D eigenvalue weighted by molar-refractivity contribution is 0.652. The molecule has 2 heterocycles. The highest BCUT2D eigenvalue weighted by atomic mass is 15.4. The van der Waals surface area contributed by atoms with E-state index in [1.54, 1.807) is 0 Å². The van der Waals surface area contributed by atoms with Gasteiger partial charge >= 0.3 is 0 Å². The fourth-order valence-electron chi connectivity index (χ4n) is 4.20. The standard InChI is InChI=1S/C21H32N4/c1-7-17(8-2)22-20-18-10-9-11-25(21(18)23-24(20)6)19-15(4)12-14(3)13-16(19)5/h12-13,17,22H,7-11H2,1-6H3. The molecule has 0 aliphatic carbocycles. The van der Waals surface area contributed by atoms with Gasteiger partial charge in [0.25, 0.3) is 0 Å². The molecule has 0 atom stereocenters. The smallest absolute Gasteiger partial charge is 0.160 e. The fourth-order valence-corrected chi connectivity index (χ4v) is 4.20. The number of hydrogen-bond donors (Lipinski definition) is 1. The van der Waals surface area contributed by atoms with Gasteiger partial charge in [-0.25, -0.2) is 0 Å². The highest BCUT2D eigenvalue weighted by Crippen LogP contribution is 2.39. The van der Waals surface area contributed by atoms with Crippen molar-refractivity contribution in [2.24, 2.45) is 7.05 Å². The summed E-state index contributed by atoms with van der Waals surface area (Å²) in [6, 6.07) is 5.07. The Balaban J connectivity index is 2.04. The molecule has 25 heavy (non-hydrogen) atoms. The molecule has 2 aromatic rings. The average Bonchev–Trinajstić information content (AvgIpc) is 2.88. The van der Waals surface area contributed by atoms with E-state index in [0.29, 0.717) is 6.04 Å². The first-order valence-corrected chi connectivity index (χ1v) is 9.64. The normalized spacial score (nSPS) is 14.1. The van der Waals surface area contributed by atoms with Gasteiger partial charge < -0.3 is 10.2 Å². The minimum absolute atomic E-state index is 0.512. The highest BCUT2D eigenvalue weighted by molar-refractivity contribution is 5.74. The summed E-state index contributed by atoms with van der Waals surface area (Å²) in [5.41, 5.74) is 6.71. The zero-order chi connectivity index (χ0) is 18.1. The molecule has 0 spiro atoms. The summed E-state index contributed by atoms with van der Waals surface area (Å²) in [4.78, 5) is 2.43. The molecule has 0 saturated heterocycles. The SMILES string of the molecule is CCC(CC)Nc1c2c(nn1C)N(c1c(C)cc(C)cc1C)CCC2. The Morgan fingerprint density at radius 3 is 2.36 bits per heavy atom. The molecule has 0 unspecified atom stereocenters. The fraction of sp³-hybridized carbons (Fsp3) is 0.571. The summed E-state index contributed by atoms with van der Waals surface area (Å²) in [7, 11) is 2.07. The van der Waals surface area contributed by atoms with E-state index in [4.69, 9.17) is 5.10 Å². The minimum Gasteiger partial charge on any atom is -0.367 e. The molecule has 1 aromatic carbocycles. The van der Waals surface area contributed by atoms with E-state index < -0.39 is 0 Å². The Hall–Kier alpha value is -1.97. The minimum atomic E-state index is 0.512. The zero-order valence-corrected chi connectivity index (χ0v) is 16.6. The number of fused-ring (bicyclic) bond motifs is 1. The molecule has 0 saturated carbocycles. The molecule has 4 nitrogen and oxygen atoms in total. The van der Waals surface area contributed by atoms with Crippen molar-refractivity contribution < 1.29 is 0 Å². The van der Waals surface area contributed by atoms with Crippen LogP contribution < -0.4 is 10.2 Å². The highest BCUT2D eigenvalue weighted by Gasteiger charge is 2.28. The predicted molar refractivity (Wildman–Crippen MR) is 107 cm³/mol. The summed E-state index contributed by atoms with van der Waals surface area (Å²) >= 11 is 0. The molecule has 4 heteroatoms. The quantitative estimate of drug-likeness (QED) is 0.828. The van der Waals surface area contributed by atoms with Crippen LogP contribution in [0, 0.1) is 20.8 Å². The summed E-state index contributed by atoms with van der Waals surface area (Å²) in [6.07, 6.45) is 4.54. The van der Waals surface area contributed by atoms with Gasteiger partial charge in [0.1, 0.15) is 5.82 Å². The van der Waals surface area contributed by atoms with Crippen LogP contribution in [0.25, 0.3) is 0 Å². The maximum atomic E-state index is 4.92. The molecule has 0 fully saturated rings. The summed E-state index contributed by atoms with van der Waals surface area (Å²) < 4.78 is 2.04. The maximum absolute atomic E-state index is 4.92. The third-order valence-electron chi connectivity index (χ3n) is 5.42. The Labute approximate surface area is 152 Å². The van der Waals surface area contributed by atoms with E-state index in [1.807, 2.05) is 4.68 Å². The van der Waals surface area contributed by atoms with Crippen LogP contribution in [0.5, 0.6) is 0 Å². The van der Waals surface area contributed by atoms with E-state index in [-0.39, 0.29) is 0 Å². The second-order valence-electron chi connectivity index (χ2n) is 7.43. The van der Waals surface area contributed by atoms with Crippen LogP contribution in [-0.4, -0.2) is 22.4 Å². The van der Waals surface area contributed by atoms with Crippen molar-refractivity contribution >= 4 is 17.3 Å².